The highest BCUT2D eigenvalue weighted by Crippen LogP contribution is 2.28. The van der Waals surface area contributed by atoms with Crippen molar-refractivity contribution >= 4 is 5.97 Å². The van der Waals surface area contributed by atoms with Crippen LogP contribution in [0.15, 0.2) is 0 Å². The van der Waals surface area contributed by atoms with E-state index in [-0.39, 0.29) is 6.42 Å². The number of aliphatic carboxylic acids is 1. The summed E-state index contributed by atoms with van der Waals surface area (Å²) in [6.07, 6.45) is 5.28. The fourth-order valence-electron chi connectivity index (χ4n) is 2.09. The molecular weight excluding hydrogens is 190 g/mol. The lowest BCUT2D eigenvalue weighted by molar-refractivity contribution is -0.137. The van der Waals surface area contributed by atoms with Gasteiger partial charge in [-0.1, -0.05) is 20.3 Å². The number of nitrogens with zero attached hydrogens (tertiary/aromatic N) is 1. The van der Waals surface area contributed by atoms with E-state index >= 15 is 0 Å². The highest BCUT2D eigenvalue weighted by Gasteiger charge is 2.29. The van der Waals surface area contributed by atoms with Crippen molar-refractivity contribution in [3.05, 3.63) is 0 Å². The summed E-state index contributed by atoms with van der Waals surface area (Å²) in [5, 5.41) is 8.68. The van der Waals surface area contributed by atoms with Gasteiger partial charge < -0.3 is 5.11 Å². The molecule has 1 aliphatic carbocycles. The second-order valence-electron chi connectivity index (χ2n) is 4.76. The van der Waals surface area contributed by atoms with Gasteiger partial charge in [-0.05, 0) is 25.2 Å². The van der Waals surface area contributed by atoms with Crippen molar-refractivity contribution in [1.82, 2.24) is 4.90 Å². The van der Waals surface area contributed by atoms with Crippen LogP contribution in [0.5, 0.6) is 0 Å². The lowest BCUT2D eigenvalue weighted by Gasteiger charge is -2.24. The Labute approximate surface area is 92.5 Å². The summed E-state index contributed by atoms with van der Waals surface area (Å²) in [5.41, 5.74) is 0. The van der Waals surface area contributed by atoms with Crippen LogP contribution in [-0.4, -0.2) is 35.1 Å². The first-order valence-electron chi connectivity index (χ1n) is 6.09. The maximum atomic E-state index is 10.5. The van der Waals surface area contributed by atoms with Gasteiger partial charge in [0.1, 0.15) is 0 Å². The summed E-state index contributed by atoms with van der Waals surface area (Å²) in [6, 6.07) is 0.684. The van der Waals surface area contributed by atoms with Crippen LogP contribution in [0.4, 0.5) is 0 Å². The normalized spacial score (nSPS) is 18.1. The lowest BCUT2D eigenvalue weighted by atomic mass is 10.1. The van der Waals surface area contributed by atoms with Gasteiger partial charge in [0.15, 0.2) is 0 Å². The lowest BCUT2D eigenvalue weighted by Crippen LogP contribution is -2.32. The highest BCUT2D eigenvalue weighted by atomic mass is 16.4. The van der Waals surface area contributed by atoms with Gasteiger partial charge in [-0.25, -0.2) is 0 Å². The minimum absolute atomic E-state index is 0.287. The molecule has 1 atom stereocenters. The van der Waals surface area contributed by atoms with Crippen LogP contribution in [0.3, 0.4) is 0 Å². The standard InChI is InChI=1S/C12H23NO2/c1-3-4-10(2)9-13(11-5-6-11)8-7-12(14)15/h10-11H,3-9H2,1-2H3,(H,14,15). The SMILES string of the molecule is CCCC(C)CN(CCC(=O)O)C1CC1. The molecule has 0 spiro atoms. The van der Waals surface area contributed by atoms with Gasteiger partial charge in [0, 0.05) is 19.1 Å². The molecule has 0 bridgehead atoms. The van der Waals surface area contributed by atoms with Crippen LogP contribution in [0.1, 0.15) is 46.0 Å². The van der Waals surface area contributed by atoms with Crippen molar-refractivity contribution in [3.63, 3.8) is 0 Å². The van der Waals surface area contributed by atoms with E-state index in [1.165, 1.54) is 25.7 Å². The number of hydrogen-bond donors (Lipinski definition) is 1. The highest BCUT2D eigenvalue weighted by molar-refractivity contribution is 5.66. The van der Waals surface area contributed by atoms with Crippen LogP contribution in [0.25, 0.3) is 0 Å². The van der Waals surface area contributed by atoms with Crippen molar-refractivity contribution in [2.75, 3.05) is 13.1 Å². The van der Waals surface area contributed by atoms with Gasteiger partial charge in [-0.15, -0.1) is 0 Å². The number of rotatable bonds is 8. The molecule has 1 aliphatic rings. The third kappa shape index (κ3) is 5.17. The zero-order valence-corrected chi connectivity index (χ0v) is 9.91. The van der Waals surface area contributed by atoms with Gasteiger partial charge in [-0.2, -0.15) is 0 Å². The van der Waals surface area contributed by atoms with E-state index in [1.807, 2.05) is 0 Å². The third-order valence-electron chi connectivity index (χ3n) is 3.00. The van der Waals surface area contributed by atoms with E-state index in [0.29, 0.717) is 12.0 Å². The molecule has 0 aliphatic heterocycles. The molecule has 0 radical (unpaired) electrons. The predicted octanol–water partition coefficient (Wildman–Crippen LogP) is 2.36. The predicted molar refractivity (Wildman–Crippen MR) is 60.9 cm³/mol. The number of carboxylic acid groups (broad SMARTS) is 1. The summed E-state index contributed by atoms with van der Waals surface area (Å²) in [6.45, 7) is 6.27. The van der Waals surface area contributed by atoms with Crippen LogP contribution >= 0.6 is 0 Å². The molecule has 0 saturated heterocycles. The fourth-order valence-corrected chi connectivity index (χ4v) is 2.09. The van der Waals surface area contributed by atoms with Crippen LogP contribution in [0, 0.1) is 5.92 Å². The Morgan fingerprint density at radius 2 is 2.20 bits per heavy atom. The van der Waals surface area contributed by atoms with Crippen LogP contribution in [0.2, 0.25) is 0 Å². The van der Waals surface area contributed by atoms with Crippen molar-refractivity contribution in [3.8, 4) is 0 Å². The molecule has 0 aromatic carbocycles. The van der Waals surface area contributed by atoms with Gasteiger partial charge in [0.05, 0.1) is 6.42 Å². The van der Waals surface area contributed by atoms with Gasteiger partial charge in [-0.3, -0.25) is 9.69 Å². The van der Waals surface area contributed by atoms with E-state index < -0.39 is 5.97 Å². The molecule has 15 heavy (non-hydrogen) atoms. The molecule has 88 valence electrons. The molecule has 1 fully saturated rings. The summed E-state index contributed by atoms with van der Waals surface area (Å²) in [4.78, 5) is 12.9. The average Bonchev–Trinajstić information content (AvgIpc) is 2.95. The first kappa shape index (κ1) is 12.5. The number of hydrogen-bond acceptors (Lipinski definition) is 2. The van der Waals surface area contributed by atoms with E-state index in [4.69, 9.17) is 5.11 Å². The maximum Gasteiger partial charge on any atom is 0.304 e. The molecule has 0 aromatic heterocycles. The summed E-state index contributed by atoms with van der Waals surface area (Å²) in [5.74, 6) is 0.0215. The summed E-state index contributed by atoms with van der Waals surface area (Å²) < 4.78 is 0. The Hall–Kier alpha value is -0.570. The zero-order chi connectivity index (χ0) is 11.3. The molecule has 1 rings (SSSR count). The quantitative estimate of drug-likeness (QED) is 0.673. The summed E-state index contributed by atoms with van der Waals surface area (Å²) >= 11 is 0. The second kappa shape index (κ2) is 6.11. The van der Waals surface area contributed by atoms with Crippen molar-refractivity contribution in [1.29, 1.82) is 0 Å². The topological polar surface area (TPSA) is 40.5 Å². The largest absolute Gasteiger partial charge is 0.481 e. The van der Waals surface area contributed by atoms with E-state index in [1.54, 1.807) is 0 Å². The Bertz CT molecular complexity index is 202. The molecule has 1 saturated carbocycles. The minimum Gasteiger partial charge on any atom is -0.481 e. The Morgan fingerprint density at radius 3 is 2.67 bits per heavy atom. The smallest absolute Gasteiger partial charge is 0.304 e. The molecule has 0 aromatic rings. The summed E-state index contributed by atoms with van der Waals surface area (Å²) in [7, 11) is 0. The van der Waals surface area contributed by atoms with Crippen LogP contribution in [-0.2, 0) is 4.79 Å². The maximum absolute atomic E-state index is 10.5. The first-order chi connectivity index (χ1) is 7.13. The second-order valence-corrected chi connectivity index (χ2v) is 4.76. The average molecular weight is 213 g/mol. The molecular formula is C12H23NO2. The molecule has 3 nitrogen and oxygen atoms in total. The van der Waals surface area contributed by atoms with E-state index in [0.717, 1.165) is 13.1 Å². The van der Waals surface area contributed by atoms with Gasteiger partial charge in [0.25, 0.3) is 0 Å². The van der Waals surface area contributed by atoms with E-state index in [9.17, 15) is 4.79 Å². The monoisotopic (exact) mass is 213 g/mol. The molecule has 0 heterocycles. The zero-order valence-electron chi connectivity index (χ0n) is 9.91. The van der Waals surface area contributed by atoms with Crippen LogP contribution < -0.4 is 0 Å². The first-order valence-corrected chi connectivity index (χ1v) is 6.09. The minimum atomic E-state index is -0.677. The van der Waals surface area contributed by atoms with Gasteiger partial charge >= 0.3 is 5.97 Å². The third-order valence-corrected chi connectivity index (χ3v) is 3.00. The van der Waals surface area contributed by atoms with Crippen molar-refractivity contribution < 1.29 is 9.90 Å². The number of carbonyl (C=O) groups is 1. The fraction of sp³-hybridized carbons (Fsp3) is 0.917. The number of carboxylic acids is 1. The van der Waals surface area contributed by atoms with E-state index in [2.05, 4.69) is 18.7 Å². The molecule has 1 N–H and O–H groups in total. The Kier molecular flexibility index (Phi) is 5.09. The molecule has 0 amide bonds. The Morgan fingerprint density at radius 1 is 1.53 bits per heavy atom. The Balaban J connectivity index is 2.26. The van der Waals surface area contributed by atoms with Crippen molar-refractivity contribution in [2.24, 2.45) is 5.92 Å². The van der Waals surface area contributed by atoms with Crippen molar-refractivity contribution in [2.45, 2.75) is 52.0 Å². The van der Waals surface area contributed by atoms with Gasteiger partial charge in [0.2, 0.25) is 0 Å². The molecule has 3 heteroatoms. The molecule has 1 unspecified atom stereocenters.